The molecule has 2 heterocycles. The van der Waals surface area contributed by atoms with Gasteiger partial charge in [-0.15, -0.1) is 0 Å². The topological polar surface area (TPSA) is 42.7 Å². The molecule has 0 spiro atoms. The molecule has 0 amide bonds. The van der Waals surface area contributed by atoms with Crippen molar-refractivity contribution in [2.45, 2.75) is 39.7 Å². The first-order chi connectivity index (χ1) is 8.25. The monoisotopic (exact) mass is 234 g/mol. The molecule has 0 atom stereocenters. The van der Waals surface area contributed by atoms with Crippen LogP contribution in [-0.2, 0) is 6.54 Å². The van der Waals surface area contributed by atoms with Crippen LogP contribution in [0.1, 0.15) is 38.9 Å². The Morgan fingerprint density at radius 1 is 1.41 bits per heavy atom. The molecule has 94 valence electrons. The highest BCUT2D eigenvalue weighted by molar-refractivity contribution is 5.45. The van der Waals surface area contributed by atoms with Gasteiger partial charge in [-0.25, -0.2) is 9.67 Å². The maximum Gasteiger partial charge on any atom is 0.150 e. The van der Waals surface area contributed by atoms with E-state index in [1.807, 2.05) is 4.68 Å². The Kier molecular flexibility index (Phi) is 4.31. The summed E-state index contributed by atoms with van der Waals surface area (Å²) in [5, 5.41) is 7.71. The third-order valence-corrected chi connectivity index (χ3v) is 2.99. The molecule has 0 saturated carbocycles. The van der Waals surface area contributed by atoms with Gasteiger partial charge in [-0.3, -0.25) is 0 Å². The molecule has 1 aliphatic rings. The smallest absolute Gasteiger partial charge is 0.150 e. The molecular weight excluding hydrogens is 212 g/mol. The molecule has 0 unspecified atom stereocenters. The van der Waals surface area contributed by atoms with E-state index < -0.39 is 0 Å². The lowest BCUT2D eigenvalue weighted by molar-refractivity contribution is 0.479. The summed E-state index contributed by atoms with van der Waals surface area (Å²) in [5.41, 5.74) is 1.49. The van der Waals surface area contributed by atoms with Crippen molar-refractivity contribution in [1.82, 2.24) is 20.1 Å². The van der Waals surface area contributed by atoms with Crippen LogP contribution >= 0.6 is 0 Å². The number of nitrogens with one attached hydrogen (secondary N) is 1. The van der Waals surface area contributed by atoms with Gasteiger partial charge in [-0.1, -0.05) is 19.4 Å². The molecule has 0 aromatic carbocycles. The van der Waals surface area contributed by atoms with Crippen molar-refractivity contribution in [2.75, 3.05) is 13.1 Å². The minimum absolute atomic E-state index is 0.602. The average Bonchev–Trinajstić information content (AvgIpc) is 2.55. The highest BCUT2D eigenvalue weighted by Gasteiger charge is 2.07. The standard InChI is InChI=1S/C13H22N4/c1-11(2)9-17-13(15-10-16-17)8-12-4-3-6-14-7-5-12/h8,10-11,14H,3-7,9H2,1-2H3/b12-8-. The van der Waals surface area contributed by atoms with Crippen LogP contribution in [0.5, 0.6) is 0 Å². The third-order valence-electron chi connectivity index (χ3n) is 2.99. The van der Waals surface area contributed by atoms with Gasteiger partial charge >= 0.3 is 0 Å². The van der Waals surface area contributed by atoms with Gasteiger partial charge in [0.2, 0.25) is 0 Å². The Morgan fingerprint density at radius 3 is 3.12 bits per heavy atom. The predicted octanol–water partition coefficient (Wildman–Crippen LogP) is 2.09. The lowest BCUT2D eigenvalue weighted by Gasteiger charge is -2.07. The van der Waals surface area contributed by atoms with Crippen LogP contribution in [0.2, 0.25) is 0 Å². The van der Waals surface area contributed by atoms with Gasteiger partial charge in [-0.2, -0.15) is 5.10 Å². The molecule has 1 saturated heterocycles. The zero-order valence-electron chi connectivity index (χ0n) is 10.8. The molecule has 2 rings (SSSR count). The van der Waals surface area contributed by atoms with E-state index in [1.54, 1.807) is 6.33 Å². The van der Waals surface area contributed by atoms with Crippen molar-refractivity contribution in [1.29, 1.82) is 0 Å². The first-order valence-electron chi connectivity index (χ1n) is 6.53. The molecule has 0 radical (unpaired) electrons. The molecule has 0 aliphatic carbocycles. The third kappa shape index (κ3) is 3.66. The van der Waals surface area contributed by atoms with Gasteiger partial charge in [0.1, 0.15) is 6.33 Å². The molecule has 1 aromatic rings. The highest BCUT2D eigenvalue weighted by atomic mass is 15.3. The van der Waals surface area contributed by atoms with Gasteiger partial charge in [0.25, 0.3) is 0 Å². The van der Waals surface area contributed by atoms with Gasteiger partial charge < -0.3 is 5.32 Å². The quantitative estimate of drug-likeness (QED) is 0.871. The van der Waals surface area contributed by atoms with Gasteiger partial charge in [0.05, 0.1) is 0 Å². The van der Waals surface area contributed by atoms with Crippen molar-refractivity contribution in [3.63, 3.8) is 0 Å². The number of hydrogen-bond donors (Lipinski definition) is 1. The number of nitrogens with zero attached hydrogens (tertiary/aromatic N) is 3. The van der Waals surface area contributed by atoms with Crippen molar-refractivity contribution in [2.24, 2.45) is 5.92 Å². The average molecular weight is 234 g/mol. The van der Waals surface area contributed by atoms with E-state index in [0.29, 0.717) is 5.92 Å². The second-order valence-corrected chi connectivity index (χ2v) is 5.10. The zero-order chi connectivity index (χ0) is 12.1. The molecule has 1 N–H and O–H groups in total. The Balaban J connectivity index is 2.10. The summed E-state index contributed by atoms with van der Waals surface area (Å²) in [6.07, 6.45) is 7.42. The maximum absolute atomic E-state index is 4.35. The molecular formula is C13H22N4. The summed E-state index contributed by atoms with van der Waals surface area (Å²) < 4.78 is 2.01. The molecule has 0 bridgehead atoms. The molecule has 4 heteroatoms. The van der Waals surface area contributed by atoms with E-state index in [-0.39, 0.29) is 0 Å². The molecule has 1 fully saturated rings. The van der Waals surface area contributed by atoms with Crippen LogP contribution in [0.25, 0.3) is 6.08 Å². The number of aromatic nitrogens is 3. The number of rotatable bonds is 3. The summed E-state index contributed by atoms with van der Waals surface area (Å²) in [6, 6.07) is 0. The number of hydrogen-bond acceptors (Lipinski definition) is 3. The van der Waals surface area contributed by atoms with Crippen LogP contribution in [0.3, 0.4) is 0 Å². The second kappa shape index (κ2) is 5.96. The van der Waals surface area contributed by atoms with E-state index in [9.17, 15) is 0 Å². The van der Waals surface area contributed by atoms with Crippen LogP contribution in [0, 0.1) is 5.92 Å². The van der Waals surface area contributed by atoms with E-state index >= 15 is 0 Å². The first-order valence-corrected chi connectivity index (χ1v) is 6.53. The second-order valence-electron chi connectivity index (χ2n) is 5.10. The van der Waals surface area contributed by atoms with Crippen LogP contribution < -0.4 is 5.32 Å². The molecule has 17 heavy (non-hydrogen) atoms. The van der Waals surface area contributed by atoms with Crippen LogP contribution in [0.4, 0.5) is 0 Å². The summed E-state index contributed by atoms with van der Waals surface area (Å²) >= 11 is 0. The van der Waals surface area contributed by atoms with E-state index in [2.05, 4.69) is 35.3 Å². The summed E-state index contributed by atoms with van der Waals surface area (Å²) in [7, 11) is 0. The molecule has 4 nitrogen and oxygen atoms in total. The fraction of sp³-hybridized carbons (Fsp3) is 0.692. The molecule has 1 aromatic heterocycles. The fourth-order valence-corrected chi connectivity index (χ4v) is 2.14. The lowest BCUT2D eigenvalue weighted by atomic mass is 10.1. The Hall–Kier alpha value is -1.16. The van der Waals surface area contributed by atoms with Gasteiger partial charge in [-0.05, 0) is 44.3 Å². The fourth-order valence-electron chi connectivity index (χ4n) is 2.14. The Morgan fingerprint density at radius 2 is 2.29 bits per heavy atom. The summed E-state index contributed by atoms with van der Waals surface area (Å²) in [6.45, 7) is 7.57. The minimum Gasteiger partial charge on any atom is -0.316 e. The van der Waals surface area contributed by atoms with E-state index in [1.165, 1.54) is 18.4 Å². The Labute approximate surface area is 103 Å². The SMILES string of the molecule is CC(C)Cn1ncnc1/C=C1/CCCNCC1. The minimum atomic E-state index is 0.602. The van der Waals surface area contributed by atoms with Gasteiger partial charge in [0, 0.05) is 6.54 Å². The largest absolute Gasteiger partial charge is 0.316 e. The Bertz CT molecular complexity index is 369. The van der Waals surface area contributed by atoms with Crippen molar-refractivity contribution in [3.8, 4) is 0 Å². The van der Waals surface area contributed by atoms with Crippen molar-refractivity contribution < 1.29 is 0 Å². The van der Waals surface area contributed by atoms with Crippen LogP contribution in [0.15, 0.2) is 11.9 Å². The maximum atomic E-state index is 4.35. The summed E-state index contributed by atoms with van der Waals surface area (Å²) in [5.74, 6) is 1.61. The highest BCUT2D eigenvalue weighted by Crippen LogP contribution is 2.15. The summed E-state index contributed by atoms with van der Waals surface area (Å²) in [4.78, 5) is 4.35. The van der Waals surface area contributed by atoms with E-state index in [0.717, 1.165) is 31.9 Å². The van der Waals surface area contributed by atoms with Gasteiger partial charge in [0.15, 0.2) is 5.82 Å². The molecule has 1 aliphatic heterocycles. The first kappa shape index (κ1) is 12.3. The van der Waals surface area contributed by atoms with Crippen molar-refractivity contribution in [3.05, 3.63) is 17.7 Å². The van der Waals surface area contributed by atoms with Crippen molar-refractivity contribution >= 4 is 6.08 Å². The lowest BCUT2D eigenvalue weighted by Crippen LogP contribution is -2.13. The normalized spacial score (nSPS) is 19.8. The van der Waals surface area contributed by atoms with E-state index in [4.69, 9.17) is 0 Å². The van der Waals surface area contributed by atoms with Crippen LogP contribution in [-0.4, -0.2) is 27.9 Å². The predicted molar refractivity (Wildman–Crippen MR) is 69.6 cm³/mol. The zero-order valence-corrected chi connectivity index (χ0v) is 10.8.